The Balaban J connectivity index is 1.71. The quantitative estimate of drug-likeness (QED) is 0.810. The first-order valence-corrected chi connectivity index (χ1v) is 8.34. The fraction of sp³-hybridized carbons (Fsp3) is 0.467. The fourth-order valence-electron chi connectivity index (χ4n) is 3.57. The number of likely N-dealkylation sites (tertiary alicyclic amines) is 1. The van der Waals surface area contributed by atoms with Gasteiger partial charge < -0.3 is 15.3 Å². The van der Waals surface area contributed by atoms with Crippen LogP contribution in [0.3, 0.4) is 0 Å². The molecular formula is C15H16BrClN2O3. The van der Waals surface area contributed by atoms with Crippen LogP contribution in [0, 0.1) is 11.3 Å². The molecule has 2 N–H and O–H groups in total. The molecule has 1 aromatic rings. The van der Waals surface area contributed by atoms with Crippen LogP contribution in [-0.4, -0.2) is 35.1 Å². The Morgan fingerprint density at radius 1 is 1.45 bits per heavy atom. The number of nitrogens with zero attached hydrogens (tertiary/aromatic N) is 1. The lowest BCUT2D eigenvalue weighted by Gasteiger charge is -2.23. The normalized spacial score (nSPS) is 26.8. The number of carboxylic acids is 1. The first-order valence-electron chi connectivity index (χ1n) is 7.17. The van der Waals surface area contributed by atoms with Gasteiger partial charge in [-0.1, -0.05) is 18.0 Å². The average Bonchev–Trinajstić information content (AvgIpc) is 3.00. The molecule has 1 saturated heterocycles. The molecule has 118 valence electrons. The predicted octanol–water partition coefficient (Wildman–Crippen LogP) is 3.82. The van der Waals surface area contributed by atoms with Crippen molar-refractivity contribution in [2.45, 2.75) is 19.3 Å². The summed E-state index contributed by atoms with van der Waals surface area (Å²) < 4.78 is 0.701. The Morgan fingerprint density at radius 3 is 2.86 bits per heavy atom. The minimum Gasteiger partial charge on any atom is -0.481 e. The van der Waals surface area contributed by atoms with Crippen LogP contribution in [0.25, 0.3) is 0 Å². The highest BCUT2D eigenvalue weighted by Gasteiger charge is 2.55. The van der Waals surface area contributed by atoms with Crippen LogP contribution in [0.15, 0.2) is 22.7 Å². The summed E-state index contributed by atoms with van der Waals surface area (Å²) in [5, 5.41) is 12.9. The third-order valence-corrected chi connectivity index (χ3v) is 5.97. The number of urea groups is 1. The molecule has 0 unspecified atom stereocenters. The van der Waals surface area contributed by atoms with Gasteiger partial charge in [-0.2, -0.15) is 0 Å². The van der Waals surface area contributed by atoms with Crippen molar-refractivity contribution in [2.24, 2.45) is 11.3 Å². The van der Waals surface area contributed by atoms with Crippen LogP contribution >= 0.6 is 27.5 Å². The largest absolute Gasteiger partial charge is 0.481 e. The van der Waals surface area contributed by atoms with Crippen molar-refractivity contribution in [3.63, 3.8) is 0 Å². The Labute approximate surface area is 141 Å². The number of carbonyl (C=O) groups excluding carboxylic acids is 1. The second-order valence-electron chi connectivity index (χ2n) is 5.99. The maximum absolute atomic E-state index is 12.4. The van der Waals surface area contributed by atoms with Gasteiger partial charge in [0.25, 0.3) is 0 Å². The molecule has 2 aliphatic rings. The summed E-state index contributed by atoms with van der Waals surface area (Å²) in [4.78, 5) is 25.6. The number of hydrogen-bond acceptors (Lipinski definition) is 2. The van der Waals surface area contributed by atoms with Gasteiger partial charge in [0.05, 0.1) is 10.4 Å². The molecule has 0 aromatic heterocycles. The highest BCUT2D eigenvalue weighted by Crippen LogP contribution is 2.48. The SMILES string of the molecule is O=C(Nc1ccc(Cl)c(Br)c1)N1C[C@@H]2CCC[C@@]2(C(=O)O)C1. The lowest BCUT2D eigenvalue weighted by molar-refractivity contribution is -0.149. The molecule has 1 heterocycles. The van der Waals surface area contributed by atoms with Gasteiger partial charge in [0.1, 0.15) is 0 Å². The average molecular weight is 388 g/mol. The van der Waals surface area contributed by atoms with Crippen LogP contribution in [0.2, 0.25) is 5.02 Å². The van der Waals surface area contributed by atoms with Gasteiger partial charge in [-0.3, -0.25) is 4.79 Å². The fourth-order valence-corrected chi connectivity index (χ4v) is 4.07. The zero-order valence-corrected chi connectivity index (χ0v) is 14.2. The summed E-state index contributed by atoms with van der Waals surface area (Å²) in [7, 11) is 0. The van der Waals surface area contributed by atoms with E-state index in [1.807, 2.05) is 0 Å². The third kappa shape index (κ3) is 2.58. The molecule has 2 atom stereocenters. The summed E-state index contributed by atoms with van der Waals surface area (Å²) in [6, 6.07) is 4.88. The number of carbonyl (C=O) groups is 2. The Bertz CT molecular complexity index is 639. The molecule has 1 aliphatic carbocycles. The molecule has 2 fully saturated rings. The number of fused-ring (bicyclic) bond motifs is 1. The van der Waals surface area contributed by atoms with E-state index < -0.39 is 11.4 Å². The van der Waals surface area contributed by atoms with Crippen LogP contribution in [0.1, 0.15) is 19.3 Å². The molecule has 3 rings (SSSR count). The maximum atomic E-state index is 12.4. The van der Waals surface area contributed by atoms with E-state index in [0.29, 0.717) is 28.1 Å². The van der Waals surface area contributed by atoms with Crippen molar-refractivity contribution in [3.8, 4) is 0 Å². The van der Waals surface area contributed by atoms with Crippen molar-refractivity contribution in [2.75, 3.05) is 18.4 Å². The van der Waals surface area contributed by atoms with E-state index in [4.69, 9.17) is 11.6 Å². The summed E-state index contributed by atoms with van der Waals surface area (Å²) >= 11 is 9.24. The van der Waals surface area contributed by atoms with Crippen molar-refractivity contribution < 1.29 is 14.7 Å². The van der Waals surface area contributed by atoms with Crippen LogP contribution in [0.4, 0.5) is 10.5 Å². The third-order valence-electron chi connectivity index (χ3n) is 4.75. The lowest BCUT2D eigenvalue weighted by atomic mass is 9.81. The molecule has 0 bridgehead atoms. The number of rotatable bonds is 2. The second kappa shape index (κ2) is 5.74. The van der Waals surface area contributed by atoms with Crippen molar-refractivity contribution in [1.82, 2.24) is 4.90 Å². The van der Waals surface area contributed by atoms with E-state index in [1.165, 1.54) is 0 Å². The molecule has 0 spiro atoms. The van der Waals surface area contributed by atoms with Gasteiger partial charge in [-0.15, -0.1) is 0 Å². The number of amides is 2. The maximum Gasteiger partial charge on any atom is 0.321 e. The van der Waals surface area contributed by atoms with Crippen LogP contribution in [-0.2, 0) is 4.79 Å². The molecule has 22 heavy (non-hydrogen) atoms. The number of benzene rings is 1. The van der Waals surface area contributed by atoms with Gasteiger partial charge in [0.15, 0.2) is 0 Å². The first-order chi connectivity index (χ1) is 10.4. The smallest absolute Gasteiger partial charge is 0.321 e. The number of hydrogen-bond donors (Lipinski definition) is 2. The minimum absolute atomic E-state index is 0.0627. The molecule has 1 aliphatic heterocycles. The van der Waals surface area contributed by atoms with E-state index in [2.05, 4.69) is 21.2 Å². The topological polar surface area (TPSA) is 69.6 Å². The highest BCUT2D eigenvalue weighted by molar-refractivity contribution is 9.10. The van der Waals surface area contributed by atoms with E-state index in [0.717, 1.165) is 12.8 Å². The molecule has 0 radical (unpaired) electrons. The summed E-state index contributed by atoms with van der Waals surface area (Å²) in [5.74, 6) is -0.716. The summed E-state index contributed by atoms with van der Waals surface area (Å²) in [6.45, 7) is 0.792. The van der Waals surface area contributed by atoms with Gasteiger partial charge in [0, 0.05) is 23.2 Å². The second-order valence-corrected chi connectivity index (χ2v) is 7.25. The van der Waals surface area contributed by atoms with E-state index in [1.54, 1.807) is 23.1 Å². The number of halogens is 2. The molecule has 5 nitrogen and oxygen atoms in total. The number of carboxylic acid groups (broad SMARTS) is 1. The molecule has 1 saturated carbocycles. The van der Waals surface area contributed by atoms with Crippen molar-refractivity contribution >= 4 is 45.2 Å². The van der Waals surface area contributed by atoms with Gasteiger partial charge in [-0.05, 0) is 52.9 Å². The monoisotopic (exact) mass is 386 g/mol. The minimum atomic E-state index is -0.778. The number of anilines is 1. The van der Waals surface area contributed by atoms with Gasteiger partial charge in [0.2, 0.25) is 0 Å². The van der Waals surface area contributed by atoms with Crippen molar-refractivity contribution in [1.29, 1.82) is 0 Å². The molecular weight excluding hydrogens is 372 g/mol. The van der Waals surface area contributed by atoms with E-state index in [9.17, 15) is 14.7 Å². The Morgan fingerprint density at radius 2 is 2.23 bits per heavy atom. The molecule has 7 heteroatoms. The van der Waals surface area contributed by atoms with E-state index >= 15 is 0 Å². The Hall–Kier alpha value is -1.27. The first kappa shape index (κ1) is 15.6. The standard InChI is InChI=1S/C15H16BrClN2O3/c16-11-6-10(3-4-12(11)17)18-14(22)19-7-9-2-1-5-15(9,8-19)13(20)21/h3-4,6,9H,1-2,5,7-8H2,(H,18,22)(H,20,21)/t9-,15+/m0/s1. The van der Waals surface area contributed by atoms with Crippen LogP contribution < -0.4 is 5.32 Å². The lowest BCUT2D eigenvalue weighted by Crippen LogP contribution is -2.38. The van der Waals surface area contributed by atoms with Crippen LogP contribution in [0.5, 0.6) is 0 Å². The number of nitrogens with one attached hydrogen (secondary N) is 1. The molecule has 2 amide bonds. The zero-order chi connectivity index (χ0) is 15.9. The number of aliphatic carboxylic acids is 1. The summed E-state index contributed by atoms with van der Waals surface area (Å²) in [5.41, 5.74) is -0.125. The highest BCUT2D eigenvalue weighted by atomic mass is 79.9. The predicted molar refractivity (Wildman–Crippen MR) is 87.2 cm³/mol. The van der Waals surface area contributed by atoms with Gasteiger partial charge >= 0.3 is 12.0 Å². The molecule has 1 aromatic carbocycles. The zero-order valence-electron chi connectivity index (χ0n) is 11.8. The van der Waals surface area contributed by atoms with E-state index in [-0.39, 0.29) is 18.5 Å². The van der Waals surface area contributed by atoms with Crippen molar-refractivity contribution in [3.05, 3.63) is 27.7 Å². The Kier molecular flexibility index (Phi) is 4.07. The summed E-state index contributed by atoms with van der Waals surface area (Å²) in [6.07, 6.45) is 2.46. The van der Waals surface area contributed by atoms with Gasteiger partial charge in [-0.25, -0.2) is 4.79 Å².